The van der Waals surface area contributed by atoms with Gasteiger partial charge in [-0.1, -0.05) is 12.1 Å². The van der Waals surface area contributed by atoms with Gasteiger partial charge in [0, 0.05) is 32.1 Å². The zero-order chi connectivity index (χ0) is 17.6. The molecule has 0 aliphatic carbocycles. The number of hydrogen-bond acceptors (Lipinski definition) is 5. The van der Waals surface area contributed by atoms with E-state index >= 15 is 0 Å². The van der Waals surface area contributed by atoms with Crippen molar-refractivity contribution in [2.75, 3.05) is 39.9 Å². The molecule has 2 aromatic rings. The van der Waals surface area contributed by atoms with Crippen molar-refractivity contribution in [2.45, 2.75) is 19.4 Å². The third kappa shape index (κ3) is 4.43. The summed E-state index contributed by atoms with van der Waals surface area (Å²) in [4.78, 5) is 20.3. The first-order valence-corrected chi connectivity index (χ1v) is 8.66. The number of nitrogens with zero attached hydrogens (tertiary/aromatic N) is 5. The van der Waals surface area contributed by atoms with E-state index < -0.39 is 0 Å². The highest BCUT2D eigenvalue weighted by molar-refractivity contribution is 5.76. The van der Waals surface area contributed by atoms with Crippen LogP contribution in [0.3, 0.4) is 0 Å². The number of carbonyl (C=O) groups is 1. The topological polar surface area (TPSA) is 63.5 Å². The molecule has 134 valence electrons. The molecule has 0 bridgehead atoms. The fourth-order valence-corrected chi connectivity index (χ4v) is 2.94. The Balaban J connectivity index is 1.53. The number of amides is 1. The Morgan fingerprint density at radius 2 is 2.00 bits per heavy atom. The van der Waals surface area contributed by atoms with Crippen LogP contribution in [-0.2, 0) is 9.53 Å². The van der Waals surface area contributed by atoms with Crippen molar-refractivity contribution in [1.82, 2.24) is 24.6 Å². The Labute approximate surface area is 148 Å². The highest BCUT2D eigenvalue weighted by atomic mass is 16.5. The van der Waals surface area contributed by atoms with Gasteiger partial charge in [0.15, 0.2) is 0 Å². The summed E-state index contributed by atoms with van der Waals surface area (Å²) in [6.07, 6.45) is 3.75. The maximum absolute atomic E-state index is 12.3. The molecule has 3 rings (SSSR count). The van der Waals surface area contributed by atoms with E-state index in [9.17, 15) is 4.79 Å². The predicted molar refractivity (Wildman–Crippen MR) is 94.4 cm³/mol. The molecule has 1 atom stereocenters. The molecule has 7 heteroatoms. The maximum Gasteiger partial charge on any atom is 0.224 e. The molecule has 25 heavy (non-hydrogen) atoms. The molecule has 1 aliphatic rings. The molecule has 1 amide bonds. The van der Waals surface area contributed by atoms with Gasteiger partial charge in [-0.25, -0.2) is 9.67 Å². The Hall–Kier alpha value is -2.25. The van der Waals surface area contributed by atoms with E-state index in [1.165, 1.54) is 11.9 Å². The number of hydrogen-bond donors (Lipinski definition) is 0. The molecule has 0 N–H and O–H groups in total. The predicted octanol–water partition coefficient (Wildman–Crippen LogP) is 1.51. The van der Waals surface area contributed by atoms with Crippen LogP contribution in [0.5, 0.6) is 0 Å². The van der Waals surface area contributed by atoms with Crippen LogP contribution < -0.4 is 0 Å². The maximum atomic E-state index is 12.3. The zero-order valence-corrected chi connectivity index (χ0v) is 14.8. The summed E-state index contributed by atoms with van der Waals surface area (Å²) in [6.45, 7) is 5.61. The molecule has 1 fully saturated rings. The summed E-state index contributed by atoms with van der Waals surface area (Å²) in [5.74, 6) is 0.212. The summed E-state index contributed by atoms with van der Waals surface area (Å²) in [6, 6.07) is 8.51. The minimum Gasteiger partial charge on any atom is -0.378 e. The van der Waals surface area contributed by atoms with Gasteiger partial charge in [0.25, 0.3) is 0 Å². The third-order valence-corrected chi connectivity index (χ3v) is 4.76. The fourth-order valence-electron chi connectivity index (χ4n) is 2.94. The lowest BCUT2D eigenvalue weighted by atomic mass is 10.1. The molecule has 0 unspecified atom stereocenters. The van der Waals surface area contributed by atoms with Crippen LogP contribution in [0.15, 0.2) is 36.9 Å². The second-order valence-electron chi connectivity index (χ2n) is 6.33. The monoisotopic (exact) mass is 343 g/mol. The number of ether oxygens (including phenoxy) is 1. The summed E-state index contributed by atoms with van der Waals surface area (Å²) >= 11 is 0. The molecule has 0 radical (unpaired) electrons. The molecular weight excluding hydrogens is 318 g/mol. The normalized spacial score (nSPS) is 16.2. The van der Waals surface area contributed by atoms with Crippen molar-refractivity contribution < 1.29 is 9.53 Å². The summed E-state index contributed by atoms with van der Waals surface area (Å²) in [5.41, 5.74) is 2.20. The summed E-state index contributed by atoms with van der Waals surface area (Å²) in [7, 11) is 2.06. The molecule has 7 nitrogen and oxygen atoms in total. The number of carbonyl (C=O) groups excluding carboxylic acids is 1. The molecule has 1 aromatic heterocycles. The van der Waals surface area contributed by atoms with Crippen LogP contribution in [0.1, 0.15) is 24.9 Å². The average Bonchev–Trinajstić information content (AvgIpc) is 3.21. The summed E-state index contributed by atoms with van der Waals surface area (Å²) in [5, 5.41) is 4.13. The van der Waals surface area contributed by atoms with Gasteiger partial charge < -0.3 is 9.64 Å². The smallest absolute Gasteiger partial charge is 0.224 e. The van der Waals surface area contributed by atoms with Crippen LogP contribution in [0, 0.1) is 0 Å². The Morgan fingerprint density at radius 3 is 2.64 bits per heavy atom. The highest BCUT2D eigenvalue weighted by Crippen LogP contribution is 2.20. The number of rotatable bonds is 6. The minimum absolute atomic E-state index is 0.212. The lowest BCUT2D eigenvalue weighted by Gasteiger charge is -2.29. The van der Waals surface area contributed by atoms with E-state index in [0.717, 1.165) is 12.2 Å². The molecule has 1 saturated heterocycles. The van der Waals surface area contributed by atoms with Gasteiger partial charge in [-0.2, -0.15) is 5.10 Å². The van der Waals surface area contributed by atoms with Gasteiger partial charge >= 0.3 is 0 Å². The van der Waals surface area contributed by atoms with Crippen LogP contribution >= 0.6 is 0 Å². The Kier molecular flexibility index (Phi) is 5.78. The SMILES string of the molecule is C[C@@H](c1ccc(-n2cncn2)cc1)N(C)CCC(=O)N1CCOCC1. The van der Waals surface area contributed by atoms with Crippen molar-refractivity contribution in [3.05, 3.63) is 42.5 Å². The van der Waals surface area contributed by atoms with E-state index in [1.807, 2.05) is 17.0 Å². The molecular formula is C18H25N5O2. The van der Waals surface area contributed by atoms with E-state index in [1.54, 1.807) is 11.0 Å². The number of aromatic nitrogens is 3. The molecule has 0 saturated carbocycles. The summed E-state index contributed by atoms with van der Waals surface area (Å²) < 4.78 is 7.03. The van der Waals surface area contributed by atoms with Gasteiger partial charge in [0.1, 0.15) is 12.7 Å². The van der Waals surface area contributed by atoms with Crippen molar-refractivity contribution >= 4 is 5.91 Å². The lowest BCUT2D eigenvalue weighted by Crippen LogP contribution is -2.41. The standard InChI is InChI=1S/C18H25N5O2/c1-15(16-3-5-17(6-4-16)23-14-19-13-20-23)21(2)8-7-18(24)22-9-11-25-12-10-22/h3-6,13-15H,7-12H2,1-2H3/t15-/m0/s1. The van der Waals surface area contributed by atoms with E-state index in [-0.39, 0.29) is 11.9 Å². The van der Waals surface area contributed by atoms with Crippen LogP contribution in [0.4, 0.5) is 0 Å². The second-order valence-corrected chi connectivity index (χ2v) is 6.33. The van der Waals surface area contributed by atoms with E-state index in [4.69, 9.17) is 4.74 Å². The van der Waals surface area contributed by atoms with Crippen molar-refractivity contribution in [2.24, 2.45) is 0 Å². The zero-order valence-electron chi connectivity index (χ0n) is 14.8. The molecule has 1 aromatic carbocycles. The molecule has 1 aliphatic heterocycles. The number of benzene rings is 1. The Morgan fingerprint density at radius 1 is 1.28 bits per heavy atom. The number of morpholine rings is 1. The first kappa shape index (κ1) is 17.6. The quantitative estimate of drug-likeness (QED) is 0.795. The largest absolute Gasteiger partial charge is 0.378 e. The van der Waals surface area contributed by atoms with Crippen molar-refractivity contribution in [1.29, 1.82) is 0 Å². The second kappa shape index (κ2) is 8.22. The fraction of sp³-hybridized carbons (Fsp3) is 0.500. The van der Waals surface area contributed by atoms with E-state index in [0.29, 0.717) is 32.7 Å². The van der Waals surface area contributed by atoms with Gasteiger partial charge in [0.2, 0.25) is 5.91 Å². The van der Waals surface area contributed by atoms with Gasteiger partial charge in [-0.05, 0) is 31.7 Å². The van der Waals surface area contributed by atoms with Crippen molar-refractivity contribution in [3.8, 4) is 5.69 Å². The van der Waals surface area contributed by atoms with Gasteiger partial charge in [0.05, 0.1) is 18.9 Å². The van der Waals surface area contributed by atoms with E-state index in [2.05, 4.69) is 41.1 Å². The third-order valence-electron chi connectivity index (χ3n) is 4.76. The van der Waals surface area contributed by atoms with Crippen LogP contribution in [0.25, 0.3) is 5.69 Å². The van der Waals surface area contributed by atoms with Gasteiger partial charge in [-0.15, -0.1) is 0 Å². The van der Waals surface area contributed by atoms with Gasteiger partial charge in [-0.3, -0.25) is 9.69 Å². The molecule has 2 heterocycles. The first-order chi connectivity index (χ1) is 12.1. The van der Waals surface area contributed by atoms with Crippen molar-refractivity contribution in [3.63, 3.8) is 0 Å². The average molecular weight is 343 g/mol. The Bertz CT molecular complexity index is 665. The highest BCUT2D eigenvalue weighted by Gasteiger charge is 2.18. The lowest BCUT2D eigenvalue weighted by molar-refractivity contribution is -0.135. The first-order valence-electron chi connectivity index (χ1n) is 8.66. The van der Waals surface area contributed by atoms with Crippen LogP contribution in [-0.4, -0.2) is 70.4 Å². The minimum atomic E-state index is 0.212. The molecule has 0 spiro atoms. The van der Waals surface area contributed by atoms with Crippen LogP contribution in [0.2, 0.25) is 0 Å².